The topological polar surface area (TPSA) is 55.1 Å². The Morgan fingerprint density at radius 1 is 1.24 bits per heavy atom. The van der Waals surface area contributed by atoms with Crippen LogP contribution >= 0.6 is 0 Å². The summed E-state index contributed by atoms with van der Waals surface area (Å²) in [5.41, 5.74) is 6.46. The molecule has 2 aliphatic rings. The minimum atomic E-state index is -0.203. The van der Waals surface area contributed by atoms with Crippen molar-refractivity contribution in [3.05, 3.63) is 0 Å². The van der Waals surface area contributed by atoms with E-state index in [9.17, 15) is 4.79 Å². The van der Waals surface area contributed by atoms with E-state index in [1.807, 2.05) is 0 Å². The predicted molar refractivity (Wildman–Crippen MR) is 69.6 cm³/mol. The summed E-state index contributed by atoms with van der Waals surface area (Å²) in [5, 5.41) is 3.10. The average molecular weight is 238 g/mol. The highest BCUT2D eigenvalue weighted by atomic mass is 16.1. The first-order valence-electron chi connectivity index (χ1n) is 7.13. The van der Waals surface area contributed by atoms with Crippen molar-refractivity contribution in [2.24, 2.45) is 11.1 Å². The Morgan fingerprint density at radius 2 is 1.88 bits per heavy atom. The summed E-state index contributed by atoms with van der Waals surface area (Å²) in [5.74, 6) is 0.164. The largest absolute Gasteiger partial charge is 0.355 e. The number of nitrogens with one attached hydrogen (secondary N) is 1. The predicted octanol–water partition coefficient (Wildman–Crippen LogP) is 2.34. The van der Waals surface area contributed by atoms with Gasteiger partial charge in [-0.15, -0.1) is 0 Å². The van der Waals surface area contributed by atoms with Crippen molar-refractivity contribution in [1.29, 1.82) is 0 Å². The van der Waals surface area contributed by atoms with Crippen LogP contribution in [0.4, 0.5) is 0 Å². The normalized spacial score (nSPS) is 24.6. The standard InChI is InChI=1S/C14H26N2O/c1-2-5-13(8-9-13)11-16-12(17)10-14(15)6-3-4-7-14/h2-11,15H2,1H3,(H,16,17). The summed E-state index contributed by atoms with van der Waals surface area (Å²) in [7, 11) is 0. The molecule has 0 radical (unpaired) electrons. The van der Waals surface area contributed by atoms with Gasteiger partial charge in [-0.3, -0.25) is 4.79 Å². The molecule has 0 unspecified atom stereocenters. The van der Waals surface area contributed by atoms with E-state index in [0.29, 0.717) is 11.8 Å². The molecule has 0 bridgehead atoms. The Kier molecular flexibility index (Phi) is 3.76. The van der Waals surface area contributed by atoms with Crippen molar-refractivity contribution < 1.29 is 4.79 Å². The van der Waals surface area contributed by atoms with Gasteiger partial charge in [0.25, 0.3) is 0 Å². The van der Waals surface area contributed by atoms with Gasteiger partial charge in [-0.05, 0) is 37.5 Å². The molecule has 0 spiro atoms. The highest BCUT2D eigenvalue weighted by Gasteiger charge is 2.41. The fourth-order valence-corrected chi connectivity index (χ4v) is 3.15. The fourth-order valence-electron chi connectivity index (χ4n) is 3.15. The van der Waals surface area contributed by atoms with Gasteiger partial charge >= 0.3 is 0 Å². The lowest BCUT2D eigenvalue weighted by Gasteiger charge is -2.23. The molecule has 3 nitrogen and oxygen atoms in total. The van der Waals surface area contributed by atoms with Gasteiger partial charge in [0.05, 0.1) is 0 Å². The SMILES string of the molecule is CCCC1(CNC(=O)CC2(N)CCCC2)CC1. The summed E-state index contributed by atoms with van der Waals surface area (Å²) < 4.78 is 0. The third kappa shape index (κ3) is 3.44. The van der Waals surface area contributed by atoms with Crippen LogP contribution in [0.5, 0.6) is 0 Å². The molecule has 0 aliphatic heterocycles. The van der Waals surface area contributed by atoms with Gasteiger partial charge in [-0.2, -0.15) is 0 Å². The lowest BCUT2D eigenvalue weighted by molar-refractivity contribution is -0.122. The van der Waals surface area contributed by atoms with Crippen LogP contribution in [0.1, 0.15) is 64.7 Å². The smallest absolute Gasteiger partial charge is 0.221 e. The van der Waals surface area contributed by atoms with Gasteiger partial charge in [-0.25, -0.2) is 0 Å². The zero-order valence-electron chi connectivity index (χ0n) is 11.1. The average Bonchev–Trinajstić information content (AvgIpc) is 2.92. The molecule has 3 N–H and O–H groups in total. The molecule has 0 saturated heterocycles. The van der Waals surface area contributed by atoms with Gasteiger partial charge in [0, 0.05) is 18.5 Å². The van der Waals surface area contributed by atoms with Crippen LogP contribution in [0.2, 0.25) is 0 Å². The van der Waals surface area contributed by atoms with E-state index in [0.717, 1.165) is 19.4 Å². The highest BCUT2D eigenvalue weighted by molar-refractivity contribution is 5.77. The highest BCUT2D eigenvalue weighted by Crippen LogP contribution is 2.48. The molecule has 2 rings (SSSR count). The van der Waals surface area contributed by atoms with Crippen LogP contribution in [0.25, 0.3) is 0 Å². The lowest BCUT2D eigenvalue weighted by Crippen LogP contribution is -2.43. The molecule has 98 valence electrons. The van der Waals surface area contributed by atoms with Crippen molar-refractivity contribution in [2.45, 2.75) is 70.3 Å². The third-order valence-corrected chi connectivity index (χ3v) is 4.51. The number of carbonyl (C=O) groups excluding carboxylic acids is 1. The van der Waals surface area contributed by atoms with Crippen molar-refractivity contribution in [3.8, 4) is 0 Å². The lowest BCUT2D eigenvalue weighted by atomic mass is 9.94. The Bertz CT molecular complexity index is 278. The second kappa shape index (κ2) is 4.97. The molecule has 3 heteroatoms. The summed E-state index contributed by atoms with van der Waals surface area (Å²) in [4.78, 5) is 11.9. The van der Waals surface area contributed by atoms with Crippen molar-refractivity contribution >= 4 is 5.91 Å². The van der Waals surface area contributed by atoms with Crippen LogP contribution in [-0.2, 0) is 4.79 Å². The Morgan fingerprint density at radius 3 is 2.41 bits per heavy atom. The van der Waals surface area contributed by atoms with E-state index < -0.39 is 0 Å². The molecule has 0 atom stereocenters. The monoisotopic (exact) mass is 238 g/mol. The molecule has 0 heterocycles. The number of carbonyl (C=O) groups is 1. The summed E-state index contributed by atoms with van der Waals surface area (Å²) in [6.07, 6.45) is 9.96. The minimum absolute atomic E-state index is 0.164. The molecule has 0 aromatic heterocycles. The first kappa shape index (κ1) is 12.9. The Balaban J connectivity index is 1.71. The minimum Gasteiger partial charge on any atom is -0.355 e. The molecule has 2 fully saturated rings. The molecule has 2 aliphatic carbocycles. The third-order valence-electron chi connectivity index (χ3n) is 4.51. The van der Waals surface area contributed by atoms with Gasteiger partial charge in [0.15, 0.2) is 0 Å². The van der Waals surface area contributed by atoms with Crippen molar-refractivity contribution in [3.63, 3.8) is 0 Å². The number of nitrogens with two attached hydrogens (primary N) is 1. The van der Waals surface area contributed by atoms with E-state index in [4.69, 9.17) is 5.73 Å². The van der Waals surface area contributed by atoms with Crippen LogP contribution < -0.4 is 11.1 Å². The van der Waals surface area contributed by atoms with Gasteiger partial charge in [0.2, 0.25) is 5.91 Å². The molecule has 0 aromatic carbocycles. The zero-order chi connectivity index (χ0) is 12.4. The van der Waals surface area contributed by atoms with Gasteiger partial charge in [0.1, 0.15) is 0 Å². The first-order chi connectivity index (χ1) is 8.08. The van der Waals surface area contributed by atoms with E-state index in [2.05, 4.69) is 12.2 Å². The Labute approximate surface area is 105 Å². The van der Waals surface area contributed by atoms with E-state index in [-0.39, 0.29) is 11.4 Å². The van der Waals surface area contributed by atoms with Crippen LogP contribution in [0.3, 0.4) is 0 Å². The summed E-state index contributed by atoms with van der Waals surface area (Å²) >= 11 is 0. The van der Waals surface area contributed by atoms with Gasteiger partial charge in [-0.1, -0.05) is 26.2 Å². The summed E-state index contributed by atoms with van der Waals surface area (Å²) in [6, 6.07) is 0. The second-order valence-electron chi connectivity index (χ2n) is 6.27. The first-order valence-corrected chi connectivity index (χ1v) is 7.13. The molecular weight excluding hydrogens is 212 g/mol. The van der Waals surface area contributed by atoms with Crippen LogP contribution in [0.15, 0.2) is 0 Å². The van der Waals surface area contributed by atoms with Crippen LogP contribution in [0, 0.1) is 5.41 Å². The van der Waals surface area contributed by atoms with Crippen LogP contribution in [-0.4, -0.2) is 18.0 Å². The maximum atomic E-state index is 11.9. The number of rotatable bonds is 6. The van der Waals surface area contributed by atoms with E-state index >= 15 is 0 Å². The zero-order valence-corrected chi connectivity index (χ0v) is 11.1. The fraction of sp³-hybridized carbons (Fsp3) is 0.929. The van der Waals surface area contributed by atoms with E-state index in [1.165, 1.54) is 38.5 Å². The maximum absolute atomic E-state index is 11.9. The van der Waals surface area contributed by atoms with E-state index in [1.54, 1.807) is 0 Å². The number of amides is 1. The number of hydrogen-bond donors (Lipinski definition) is 2. The quantitative estimate of drug-likeness (QED) is 0.746. The maximum Gasteiger partial charge on any atom is 0.221 e. The number of hydrogen-bond acceptors (Lipinski definition) is 2. The molecule has 0 aromatic rings. The molecule has 17 heavy (non-hydrogen) atoms. The summed E-state index contributed by atoms with van der Waals surface area (Å²) in [6.45, 7) is 3.09. The second-order valence-corrected chi connectivity index (χ2v) is 6.27. The molecule has 1 amide bonds. The molecular formula is C14H26N2O. The van der Waals surface area contributed by atoms with Crippen molar-refractivity contribution in [1.82, 2.24) is 5.32 Å². The van der Waals surface area contributed by atoms with Gasteiger partial charge < -0.3 is 11.1 Å². The van der Waals surface area contributed by atoms with Crippen molar-refractivity contribution in [2.75, 3.05) is 6.54 Å². The molecule has 2 saturated carbocycles. The Hall–Kier alpha value is -0.570.